The molecule has 3 heteroatoms. The van der Waals surface area contributed by atoms with E-state index in [1.807, 2.05) is 11.3 Å². The number of hydrogen-bond acceptors (Lipinski definition) is 1. The fourth-order valence-corrected chi connectivity index (χ4v) is 7.72. The first kappa shape index (κ1) is 14.1. The second kappa shape index (κ2) is 4.99. The maximum absolute atomic E-state index is 6.82. The van der Waals surface area contributed by atoms with Gasteiger partial charge in [0.15, 0.2) is 0 Å². The van der Waals surface area contributed by atoms with Crippen LogP contribution in [0.1, 0.15) is 60.1 Å². The summed E-state index contributed by atoms with van der Waals surface area (Å²) < 4.78 is 1.23. The first-order valence-corrected chi connectivity index (χ1v) is 9.97. The molecule has 1 aromatic heterocycles. The van der Waals surface area contributed by atoms with E-state index in [4.69, 9.17) is 11.6 Å². The third kappa shape index (κ3) is 2.40. The van der Waals surface area contributed by atoms with Crippen molar-refractivity contribution in [3.05, 3.63) is 20.3 Å². The molecule has 1 aromatic rings. The lowest BCUT2D eigenvalue weighted by atomic mass is 9.48. The maximum Gasteiger partial charge on any atom is 0.0684 e. The second-order valence-electron chi connectivity index (χ2n) is 7.64. The third-order valence-electron chi connectivity index (χ3n) is 5.96. The van der Waals surface area contributed by atoms with E-state index in [2.05, 4.69) is 28.9 Å². The molecule has 0 spiro atoms. The number of thiophene rings is 1. The molecule has 4 saturated carbocycles. The van der Waals surface area contributed by atoms with Crippen molar-refractivity contribution < 1.29 is 0 Å². The predicted octanol–water partition coefficient (Wildman–Crippen LogP) is 6.71. The van der Waals surface area contributed by atoms with Crippen LogP contribution in [0.4, 0.5) is 0 Å². The van der Waals surface area contributed by atoms with Crippen molar-refractivity contribution in [2.75, 3.05) is 0 Å². The molecule has 0 aromatic carbocycles. The van der Waals surface area contributed by atoms with Crippen molar-refractivity contribution in [3.63, 3.8) is 0 Å². The fraction of sp³-hybridized carbons (Fsp3) is 0.765. The molecule has 1 heterocycles. The van der Waals surface area contributed by atoms with Crippen molar-refractivity contribution in [1.29, 1.82) is 0 Å². The van der Waals surface area contributed by atoms with E-state index in [1.165, 1.54) is 59.2 Å². The summed E-state index contributed by atoms with van der Waals surface area (Å²) in [6.45, 7) is 2.17. The monoisotopic (exact) mass is 372 g/mol. The van der Waals surface area contributed by atoms with Crippen LogP contribution >= 0.6 is 38.9 Å². The van der Waals surface area contributed by atoms with Crippen LogP contribution in [0.2, 0.25) is 0 Å². The highest BCUT2D eigenvalue weighted by atomic mass is 79.9. The largest absolute Gasteiger partial charge is 0.143 e. The smallest absolute Gasteiger partial charge is 0.0684 e. The highest BCUT2D eigenvalue weighted by Gasteiger charge is 2.51. The Balaban J connectivity index is 1.53. The minimum absolute atomic E-state index is 0.223. The lowest BCUT2D eigenvalue weighted by Crippen LogP contribution is -2.46. The number of rotatable bonds is 3. The molecule has 4 aliphatic carbocycles. The molecule has 4 bridgehead atoms. The van der Waals surface area contributed by atoms with E-state index >= 15 is 0 Å². The second-order valence-corrected chi connectivity index (χ2v) is 10.3. The molecule has 0 N–H and O–H groups in total. The summed E-state index contributed by atoms with van der Waals surface area (Å²) in [6, 6.07) is 2.25. The van der Waals surface area contributed by atoms with Crippen LogP contribution in [0.3, 0.4) is 0 Å². The van der Waals surface area contributed by atoms with E-state index in [9.17, 15) is 0 Å². The summed E-state index contributed by atoms with van der Waals surface area (Å²) in [6.07, 6.45) is 10.2. The summed E-state index contributed by atoms with van der Waals surface area (Å²) in [5.74, 6) is 3.09. The standard InChI is InChI=1S/C17H22BrClS/c1-10-14(18)5-16(20-10)15(19)9-17-6-11-2-12(7-17)4-13(3-11)8-17/h5,11-13,15H,2-4,6-9H2,1H3. The number of halogens is 2. The van der Waals surface area contributed by atoms with Gasteiger partial charge in [-0.15, -0.1) is 22.9 Å². The zero-order valence-electron chi connectivity index (χ0n) is 12.0. The summed E-state index contributed by atoms with van der Waals surface area (Å²) in [5.41, 5.74) is 0.589. The molecule has 0 amide bonds. The van der Waals surface area contributed by atoms with Crippen LogP contribution in [0, 0.1) is 30.1 Å². The van der Waals surface area contributed by atoms with E-state index in [0.29, 0.717) is 5.41 Å². The van der Waals surface area contributed by atoms with Gasteiger partial charge in [-0.3, -0.25) is 0 Å². The van der Waals surface area contributed by atoms with Gasteiger partial charge in [0.25, 0.3) is 0 Å². The van der Waals surface area contributed by atoms with Gasteiger partial charge < -0.3 is 0 Å². The number of hydrogen-bond donors (Lipinski definition) is 0. The molecule has 110 valence electrons. The van der Waals surface area contributed by atoms with Gasteiger partial charge in [-0.05, 0) is 97.0 Å². The lowest BCUT2D eigenvalue weighted by molar-refractivity contribution is -0.0575. The Kier molecular flexibility index (Phi) is 3.52. The fourth-order valence-electron chi connectivity index (χ4n) is 5.66. The topological polar surface area (TPSA) is 0 Å². The van der Waals surface area contributed by atoms with E-state index < -0.39 is 0 Å². The molecule has 5 rings (SSSR count). The first-order valence-electron chi connectivity index (χ1n) is 7.93. The van der Waals surface area contributed by atoms with Crippen molar-refractivity contribution in [1.82, 2.24) is 0 Å². The Morgan fingerprint density at radius 1 is 1.25 bits per heavy atom. The molecule has 1 atom stereocenters. The molecular formula is C17H22BrClS. The normalized spacial score (nSPS) is 40.2. The first-order chi connectivity index (χ1) is 9.53. The van der Waals surface area contributed by atoms with Gasteiger partial charge in [0.2, 0.25) is 0 Å². The van der Waals surface area contributed by atoms with Gasteiger partial charge in [-0.2, -0.15) is 0 Å². The quantitative estimate of drug-likeness (QED) is 0.517. The van der Waals surface area contributed by atoms with Gasteiger partial charge in [0, 0.05) is 14.2 Å². The zero-order valence-corrected chi connectivity index (χ0v) is 15.2. The van der Waals surface area contributed by atoms with Crippen LogP contribution in [0.25, 0.3) is 0 Å². The van der Waals surface area contributed by atoms with Crippen molar-refractivity contribution >= 4 is 38.9 Å². The van der Waals surface area contributed by atoms with Crippen molar-refractivity contribution in [2.24, 2.45) is 23.2 Å². The molecule has 0 aliphatic heterocycles. The summed E-state index contributed by atoms with van der Waals surface area (Å²) in [4.78, 5) is 2.72. The van der Waals surface area contributed by atoms with Crippen molar-refractivity contribution in [2.45, 2.75) is 57.2 Å². The van der Waals surface area contributed by atoms with Crippen LogP contribution in [-0.4, -0.2) is 0 Å². The minimum atomic E-state index is 0.223. The van der Waals surface area contributed by atoms with Crippen LogP contribution < -0.4 is 0 Å². The molecule has 20 heavy (non-hydrogen) atoms. The molecule has 4 fully saturated rings. The average Bonchev–Trinajstić information content (AvgIpc) is 2.67. The van der Waals surface area contributed by atoms with Crippen molar-refractivity contribution in [3.8, 4) is 0 Å². The van der Waals surface area contributed by atoms with Crippen LogP contribution in [0.15, 0.2) is 10.5 Å². The molecule has 1 unspecified atom stereocenters. The third-order valence-corrected chi connectivity index (χ3v) is 8.73. The predicted molar refractivity (Wildman–Crippen MR) is 90.6 cm³/mol. The highest BCUT2D eigenvalue weighted by molar-refractivity contribution is 9.10. The van der Waals surface area contributed by atoms with Gasteiger partial charge in [-0.1, -0.05) is 0 Å². The molecule has 0 saturated heterocycles. The van der Waals surface area contributed by atoms with E-state index in [-0.39, 0.29) is 5.38 Å². The Morgan fingerprint density at radius 3 is 2.25 bits per heavy atom. The minimum Gasteiger partial charge on any atom is -0.143 e. The zero-order chi connectivity index (χ0) is 13.9. The van der Waals surface area contributed by atoms with Gasteiger partial charge >= 0.3 is 0 Å². The molecule has 0 nitrogen and oxygen atoms in total. The van der Waals surface area contributed by atoms with E-state index in [0.717, 1.165) is 17.8 Å². The summed E-state index contributed by atoms with van der Waals surface area (Å²) >= 11 is 12.3. The van der Waals surface area contributed by atoms with Gasteiger partial charge in [-0.25, -0.2) is 0 Å². The van der Waals surface area contributed by atoms with Gasteiger partial charge in [0.1, 0.15) is 0 Å². The highest BCUT2D eigenvalue weighted by Crippen LogP contribution is 2.63. The Labute approximate surface area is 139 Å². The summed E-state index contributed by atoms with van der Waals surface area (Å²) in [5, 5.41) is 0.223. The van der Waals surface area contributed by atoms with Crippen LogP contribution in [-0.2, 0) is 0 Å². The maximum atomic E-state index is 6.82. The van der Waals surface area contributed by atoms with Crippen LogP contribution in [0.5, 0.6) is 0 Å². The molecular weight excluding hydrogens is 352 g/mol. The summed E-state index contributed by atoms with van der Waals surface area (Å²) in [7, 11) is 0. The Morgan fingerprint density at radius 2 is 1.80 bits per heavy atom. The molecule has 4 aliphatic rings. The molecule has 0 radical (unpaired) electrons. The Bertz CT molecular complexity index is 466. The SMILES string of the molecule is Cc1sc(C(Cl)CC23CC4CC(CC(C4)C2)C3)cc1Br. The van der Waals surface area contributed by atoms with Gasteiger partial charge in [0.05, 0.1) is 5.38 Å². The number of aryl methyl sites for hydroxylation is 1. The Hall–Kier alpha value is 0.470. The number of alkyl halides is 1. The lowest BCUT2D eigenvalue weighted by Gasteiger charge is -2.57. The van der Waals surface area contributed by atoms with E-state index in [1.54, 1.807) is 0 Å². The average molecular weight is 374 g/mol.